The molecule has 1 saturated heterocycles. The molecule has 0 radical (unpaired) electrons. The smallest absolute Gasteiger partial charge is 0.295 e. The van der Waals surface area contributed by atoms with E-state index in [1.807, 2.05) is 4.90 Å². The van der Waals surface area contributed by atoms with E-state index < -0.39 is 4.92 Å². The SMILES string of the molecule is Nc1c(Cl)cc([N+](=O)[O-])c(N2CCCCC2)c1Br. The average molecular weight is 335 g/mol. The van der Waals surface area contributed by atoms with E-state index in [2.05, 4.69) is 15.9 Å². The van der Waals surface area contributed by atoms with Gasteiger partial charge in [-0.05, 0) is 35.2 Å². The fourth-order valence-electron chi connectivity index (χ4n) is 2.17. The van der Waals surface area contributed by atoms with Crippen molar-refractivity contribution >= 4 is 44.6 Å². The lowest BCUT2D eigenvalue weighted by Crippen LogP contribution is -2.30. The third kappa shape index (κ3) is 2.40. The van der Waals surface area contributed by atoms with Crippen molar-refractivity contribution in [1.29, 1.82) is 0 Å². The zero-order valence-corrected chi connectivity index (χ0v) is 12.0. The van der Waals surface area contributed by atoms with Crippen LogP contribution in [-0.4, -0.2) is 18.0 Å². The number of nitrogens with zero attached hydrogens (tertiary/aromatic N) is 2. The van der Waals surface area contributed by atoms with Crippen molar-refractivity contribution in [1.82, 2.24) is 0 Å². The van der Waals surface area contributed by atoms with Crippen molar-refractivity contribution in [3.8, 4) is 0 Å². The number of hydrogen-bond acceptors (Lipinski definition) is 4. The van der Waals surface area contributed by atoms with E-state index in [4.69, 9.17) is 17.3 Å². The lowest BCUT2D eigenvalue weighted by molar-refractivity contribution is -0.384. The standard InChI is InChI=1S/C11H13BrClN3O2/c12-9-10(14)7(13)6-8(16(17)18)11(9)15-4-2-1-3-5-15/h6H,1-5,14H2. The molecule has 1 aromatic carbocycles. The fourth-order valence-corrected chi connectivity index (χ4v) is 3.15. The second-order valence-corrected chi connectivity index (χ2v) is 5.46. The minimum Gasteiger partial charge on any atom is -0.397 e. The van der Waals surface area contributed by atoms with Crippen LogP contribution in [0, 0.1) is 10.1 Å². The van der Waals surface area contributed by atoms with Gasteiger partial charge in [0.1, 0.15) is 5.69 Å². The molecule has 2 N–H and O–H groups in total. The van der Waals surface area contributed by atoms with Gasteiger partial charge in [0.25, 0.3) is 5.69 Å². The Bertz CT molecular complexity index is 490. The topological polar surface area (TPSA) is 72.4 Å². The molecule has 1 aliphatic heterocycles. The predicted molar refractivity (Wildman–Crippen MR) is 76.3 cm³/mol. The molecule has 7 heteroatoms. The lowest BCUT2D eigenvalue weighted by Gasteiger charge is -2.29. The van der Waals surface area contributed by atoms with Crippen LogP contribution in [0.15, 0.2) is 10.5 Å². The molecule has 0 amide bonds. The summed E-state index contributed by atoms with van der Waals surface area (Å²) >= 11 is 9.23. The molecule has 0 saturated carbocycles. The number of nitro groups is 1. The van der Waals surface area contributed by atoms with Gasteiger partial charge in [0, 0.05) is 19.2 Å². The Morgan fingerprint density at radius 2 is 2.00 bits per heavy atom. The molecule has 2 rings (SSSR count). The second kappa shape index (κ2) is 5.32. The summed E-state index contributed by atoms with van der Waals surface area (Å²) < 4.78 is 0.517. The Morgan fingerprint density at radius 3 is 2.56 bits per heavy atom. The van der Waals surface area contributed by atoms with Crippen molar-refractivity contribution in [3.05, 3.63) is 25.7 Å². The summed E-state index contributed by atoms with van der Waals surface area (Å²) in [5, 5.41) is 11.3. The monoisotopic (exact) mass is 333 g/mol. The van der Waals surface area contributed by atoms with Gasteiger partial charge in [-0.1, -0.05) is 11.6 Å². The molecule has 5 nitrogen and oxygen atoms in total. The summed E-state index contributed by atoms with van der Waals surface area (Å²) in [7, 11) is 0. The van der Waals surface area contributed by atoms with Gasteiger partial charge in [-0.2, -0.15) is 0 Å². The molecule has 1 aromatic rings. The minimum absolute atomic E-state index is 0.00275. The second-order valence-electron chi connectivity index (χ2n) is 4.26. The van der Waals surface area contributed by atoms with Crippen molar-refractivity contribution in [3.63, 3.8) is 0 Å². The number of nitrogens with two attached hydrogens (primary N) is 1. The fraction of sp³-hybridized carbons (Fsp3) is 0.455. The van der Waals surface area contributed by atoms with Crippen LogP contribution >= 0.6 is 27.5 Å². The quantitative estimate of drug-likeness (QED) is 0.510. The molecule has 18 heavy (non-hydrogen) atoms. The van der Waals surface area contributed by atoms with Gasteiger partial charge in [0.15, 0.2) is 0 Å². The molecule has 0 spiro atoms. The van der Waals surface area contributed by atoms with Crippen LogP contribution in [0.5, 0.6) is 0 Å². The number of anilines is 2. The van der Waals surface area contributed by atoms with E-state index in [0.717, 1.165) is 32.4 Å². The van der Waals surface area contributed by atoms with Gasteiger partial charge in [0.05, 0.1) is 20.1 Å². The molecule has 1 fully saturated rings. The number of hydrogen-bond donors (Lipinski definition) is 1. The summed E-state index contributed by atoms with van der Waals surface area (Å²) in [4.78, 5) is 12.7. The molecular formula is C11H13BrClN3O2. The Morgan fingerprint density at radius 1 is 1.39 bits per heavy atom. The van der Waals surface area contributed by atoms with Crippen LogP contribution in [0.2, 0.25) is 5.02 Å². The average Bonchev–Trinajstić information content (AvgIpc) is 2.36. The van der Waals surface area contributed by atoms with Gasteiger partial charge >= 0.3 is 0 Å². The summed E-state index contributed by atoms with van der Waals surface area (Å²) in [5.41, 5.74) is 6.73. The van der Waals surface area contributed by atoms with Crippen LogP contribution in [0.4, 0.5) is 17.1 Å². The van der Waals surface area contributed by atoms with E-state index in [0.29, 0.717) is 15.8 Å². The van der Waals surface area contributed by atoms with Crippen LogP contribution in [0.1, 0.15) is 19.3 Å². The number of benzene rings is 1. The number of piperidine rings is 1. The highest BCUT2D eigenvalue weighted by atomic mass is 79.9. The molecule has 0 unspecified atom stereocenters. The molecular weight excluding hydrogens is 321 g/mol. The molecule has 1 aliphatic rings. The highest BCUT2D eigenvalue weighted by molar-refractivity contribution is 9.10. The summed E-state index contributed by atoms with van der Waals surface area (Å²) in [6, 6.07) is 1.32. The summed E-state index contributed by atoms with van der Waals surface area (Å²) in [5.74, 6) is 0. The third-order valence-electron chi connectivity index (χ3n) is 3.08. The van der Waals surface area contributed by atoms with Crippen LogP contribution in [0.25, 0.3) is 0 Å². The first-order chi connectivity index (χ1) is 8.52. The van der Waals surface area contributed by atoms with Gasteiger partial charge in [-0.25, -0.2) is 0 Å². The number of rotatable bonds is 2. The van der Waals surface area contributed by atoms with E-state index in [-0.39, 0.29) is 10.7 Å². The van der Waals surface area contributed by atoms with E-state index >= 15 is 0 Å². The largest absolute Gasteiger partial charge is 0.397 e. The van der Waals surface area contributed by atoms with Crippen LogP contribution < -0.4 is 10.6 Å². The van der Waals surface area contributed by atoms with Gasteiger partial charge < -0.3 is 10.6 Å². The van der Waals surface area contributed by atoms with Gasteiger partial charge in [0.2, 0.25) is 0 Å². The maximum atomic E-state index is 11.1. The molecule has 1 heterocycles. The zero-order valence-electron chi connectivity index (χ0n) is 9.66. The highest BCUT2D eigenvalue weighted by Gasteiger charge is 2.27. The van der Waals surface area contributed by atoms with Crippen molar-refractivity contribution in [2.24, 2.45) is 0 Å². The molecule has 0 aliphatic carbocycles. The first-order valence-electron chi connectivity index (χ1n) is 5.69. The Balaban J connectivity index is 2.55. The molecule has 98 valence electrons. The first-order valence-corrected chi connectivity index (χ1v) is 6.86. The summed E-state index contributed by atoms with van der Waals surface area (Å²) in [6.45, 7) is 1.61. The van der Waals surface area contributed by atoms with Crippen LogP contribution in [-0.2, 0) is 0 Å². The number of halogens is 2. The minimum atomic E-state index is -0.417. The predicted octanol–water partition coefficient (Wildman–Crippen LogP) is 3.58. The van der Waals surface area contributed by atoms with E-state index in [1.165, 1.54) is 6.07 Å². The van der Waals surface area contributed by atoms with Gasteiger partial charge in [-0.3, -0.25) is 10.1 Å². The zero-order chi connectivity index (χ0) is 13.3. The lowest BCUT2D eigenvalue weighted by atomic mass is 10.1. The normalized spacial score (nSPS) is 15.8. The Kier molecular flexibility index (Phi) is 3.97. The third-order valence-corrected chi connectivity index (χ3v) is 4.19. The van der Waals surface area contributed by atoms with Gasteiger partial charge in [-0.15, -0.1) is 0 Å². The first kappa shape index (κ1) is 13.4. The Hall–Kier alpha value is -1.01. The number of nitro benzene ring substituents is 1. The van der Waals surface area contributed by atoms with Crippen molar-refractivity contribution in [2.75, 3.05) is 23.7 Å². The van der Waals surface area contributed by atoms with E-state index in [9.17, 15) is 10.1 Å². The van der Waals surface area contributed by atoms with Crippen LogP contribution in [0.3, 0.4) is 0 Å². The molecule has 0 bridgehead atoms. The highest BCUT2D eigenvalue weighted by Crippen LogP contribution is 2.44. The van der Waals surface area contributed by atoms with Crippen molar-refractivity contribution in [2.45, 2.75) is 19.3 Å². The summed E-state index contributed by atoms with van der Waals surface area (Å²) in [6.07, 6.45) is 3.23. The maximum absolute atomic E-state index is 11.1. The van der Waals surface area contributed by atoms with Crippen molar-refractivity contribution < 1.29 is 4.92 Å². The van der Waals surface area contributed by atoms with E-state index in [1.54, 1.807) is 0 Å². The Labute approximate surface area is 118 Å². The molecule has 0 aromatic heterocycles. The number of nitrogen functional groups attached to an aromatic ring is 1. The molecule has 0 atom stereocenters. The maximum Gasteiger partial charge on any atom is 0.295 e.